The number of likely N-dealkylation sites (tertiary alicyclic amines) is 1. The first-order chi connectivity index (χ1) is 10.8. The molecule has 0 spiro atoms. The lowest BCUT2D eigenvalue weighted by Crippen LogP contribution is -2.31. The average molecular weight is 315 g/mol. The number of aromatic nitrogens is 2. The van der Waals surface area contributed by atoms with E-state index in [2.05, 4.69) is 12.0 Å². The lowest BCUT2D eigenvalue weighted by molar-refractivity contribution is 0.0732. The van der Waals surface area contributed by atoms with Crippen molar-refractivity contribution in [2.45, 2.75) is 53.5 Å². The number of amides is 1. The first-order valence-corrected chi connectivity index (χ1v) is 8.20. The van der Waals surface area contributed by atoms with E-state index in [1.807, 2.05) is 44.3 Å². The molecule has 0 aromatic carbocycles. The van der Waals surface area contributed by atoms with Crippen LogP contribution in [0.1, 0.15) is 63.3 Å². The van der Waals surface area contributed by atoms with E-state index in [1.165, 1.54) is 5.56 Å². The standard InChI is InChI=1S/C18H25N3O2/c1-10-13(4)23-14(5)16(10)18(22)21-9-7-8-15(21)17-11(2)19-20(6)12(17)3/h15H,7-9H2,1-6H3. The Bertz CT molecular complexity index is 770. The van der Waals surface area contributed by atoms with Crippen LogP contribution in [-0.2, 0) is 7.05 Å². The van der Waals surface area contributed by atoms with Crippen LogP contribution in [0.25, 0.3) is 0 Å². The molecule has 2 aromatic rings. The Labute approximate surface area is 137 Å². The lowest BCUT2D eigenvalue weighted by Gasteiger charge is -2.25. The zero-order valence-electron chi connectivity index (χ0n) is 14.9. The van der Waals surface area contributed by atoms with Gasteiger partial charge < -0.3 is 9.32 Å². The topological polar surface area (TPSA) is 51.3 Å². The van der Waals surface area contributed by atoms with Gasteiger partial charge >= 0.3 is 0 Å². The smallest absolute Gasteiger partial charge is 0.258 e. The molecule has 1 atom stereocenters. The molecule has 5 nitrogen and oxygen atoms in total. The van der Waals surface area contributed by atoms with E-state index in [9.17, 15) is 4.79 Å². The third kappa shape index (κ3) is 2.38. The van der Waals surface area contributed by atoms with Gasteiger partial charge in [0.1, 0.15) is 11.5 Å². The third-order valence-electron chi connectivity index (χ3n) is 5.19. The number of hydrogen-bond acceptors (Lipinski definition) is 3. The summed E-state index contributed by atoms with van der Waals surface area (Å²) in [6.45, 7) is 10.6. The molecule has 2 aromatic heterocycles. The summed E-state index contributed by atoms with van der Waals surface area (Å²) in [6, 6.07) is 0.116. The normalized spacial score (nSPS) is 18.0. The summed E-state index contributed by atoms with van der Waals surface area (Å²) in [4.78, 5) is 15.2. The van der Waals surface area contributed by atoms with Crippen molar-refractivity contribution in [3.8, 4) is 0 Å². The van der Waals surface area contributed by atoms with Crippen molar-refractivity contribution in [3.05, 3.63) is 39.6 Å². The zero-order valence-corrected chi connectivity index (χ0v) is 14.9. The number of furan rings is 1. The van der Waals surface area contributed by atoms with E-state index < -0.39 is 0 Å². The van der Waals surface area contributed by atoms with Gasteiger partial charge in [0.25, 0.3) is 5.91 Å². The summed E-state index contributed by atoms with van der Waals surface area (Å²) in [5.74, 6) is 1.63. The minimum absolute atomic E-state index is 0.0852. The van der Waals surface area contributed by atoms with Crippen molar-refractivity contribution in [1.29, 1.82) is 0 Å². The van der Waals surface area contributed by atoms with Crippen molar-refractivity contribution in [2.24, 2.45) is 7.05 Å². The van der Waals surface area contributed by atoms with Gasteiger partial charge in [-0.25, -0.2) is 0 Å². The van der Waals surface area contributed by atoms with Crippen LogP contribution < -0.4 is 0 Å². The second kappa shape index (κ2) is 5.55. The molecule has 0 aliphatic carbocycles. The fourth-order valence-electron chi connectivity index (χ4n) is 3.83. The molecule has 23 heavy (non-hydrogen) atoms. The third-order valence-corrected chi connectivity index (χ3v) is 5.19. The second-order valence-electron chi connectivity index (χ2n) is 6.58. The fraction of sp³-hybridized carbons (Fsp3) is 0.556. The minimum atomic E-state index is 0.0852. The van der Waals surface area contributed by atoms with Crippen molar-refractivity contribution in [1.82, 2.24) is 14.7 Å². The number of hydrogen-bond donors (Lipinski definition) is 0. The summed E-state index contributed by atoms with van der Waals surface area (Å²) < 4.78 is 7.56. The zero-order chi connectivity index (χ0) is 16.9. The van der Waals surface area contributed by atoms with E-state index in [4.69, 9.17) is 4.42 Å². The fourth-order valence-corrected chi connectivity index (χ4v) is 3.83. The van der Waals surface area contributed by atoms with Gasteiger partial charge in [-0.05, 0) is 47.5 Å². The lowest BCUT2D eigenvalue weighted by atomic mass is 10.0. The summed E-state index contributed by atoms with van der Waals surface area (Å²) >= 11 is 0. The van der Waals surface area contributed by atoms with Crippen LogP contribution in [0.3, 0.4) is 0 Å². The van der Waals surface area contributed by atoms with Gasteiger partial charge in [0.05, 0.1) is 17.3 Å². The van der Waals surface area contributed by atoms with E-state index in [-0.39, 0.29) is 11.9 Å². The minimum Gasteiger partial charge on any atom is -0.466 e. The molecule has 1 aliphatic heterocycles. The van der Waals surface area contributed by atoms with Crippen LogP contribution in [0, 0.1) is 34.6 Å². The van der Waals surface area contributed by atoms with Crippen molar-refractivity contribution in [2.75, 3.05) is 6.54 Å². The van der Waals surface area contributed by atoms with Crippen LogP contribution in [0.5, 0.6) is 0 Å². The monoisotopic (exact) mass is 315 g/mol. The van der Waals surface area contributed by atoms with Gasteiger partial charge in [0, 0.05) is 30.4 Å². The van der Waals surface area contributed by atoms with Gasteiger partial charge in [-0.2, -0.15) is 5.10 Å². The van der Waals surface area contributed by atoms with Crippen LogP contribution in [0.4, 0.5) is 0 Å². The highest BCUT2D eigenvalue weighted by molar-refractivity contribution is 5.97. The first-order valence-electron chi connectivity index (χ1n) is 8.20. The maximum atomic E-state index is 13.2. The van der Waals surface area contributed by atoms with Crippen LogP contribution in [-0.4, -0.2) is 27.1 Å². The van der Waals surface area contributed by atoms with Gasteiger partial charge in [-0.15, -0.1) is 0 Å². The van der Waals surface area contributed by atoms with Crippen molar-refractivity contribution in [3.63, 3.8) is 0 Å². The number of carbonyl (C=O) groups is 1. The van der Waals surface area contributed by atoms with Gasteiger partial charge in [-0.3, -0.25) is 9.48 Å². The predicted molar refractivity (Wildman–Crippen MR) is 88.6 cm³/mol. The molecule has 3 rings (SSSR count). The van der Waals surface area contributed by atoms with Gasteiger partial charge in [0.15, 0.2) is 0 Å². The quantitative estimate of drug-likeness (QED) is 0.852. The first kappa shape index (κ1) is 15.8. The molecule has 1 unspecified atom stereocenters. The predicted octanol–water partition coefficient (Wildman–Crippen LogP) is 3.53. The summed E-state index contributed by atoms with van der Waals surface area (Å²) in [5, 5.41) is 4.52. The highest BCUT2D eigenvalue weighted by Crippen LogP contribution is 2.37. The number of carbonyl (C=O) groups excluding carboxylic acids is 1. The summed E-state index contributed by atoms with van der Waals surface area (Å²) in [7, 11) is 1.96. The van der Waals surface area contributed by atoms with E-state index >= 15 is 0 Å². The maximum Gasteiger partial charge on any atom is 0.258 e. The number of rotatable bonds is 2. The highest BCUT2D eigenvalue weighted by atomic mass is 16.3. The van der Waals surface area contributed by atoms with Crippen molar-refractivity contribution < 1.29 is 9.21 Å². The molecular weight excluding hydrogens is 290 g/mol. The highest BCUT2D eigenvalue weighted by Gasteiger charge is 2.35. The van der Waals surface area contributed by atoms with Crippen LogP contribution in [0.2, 0.25) is 0 Å². The molecule has 1 saturated heterocycles. The molecule has 0 saturated carbocycles. The molecule has 0 N–H and O–H groups in total. The Hall–Kier alpha value is -2.04. The Morgan fingerprint density at radius 3 is 2.39 bits per heavy atom. The molecule has 1 aliphatic rings. The largest absolute Gasteiger partial charge is 0.466 e. The van der Waals surface area contributed by atoms with E-state index in [1.54, 1.807) is 0 Å². The van der Waals surface area contributed by atoms with Gasteiger partial charge in [0.2, 0.25) is 0 Å². The Kier molecular flexibility index (Phi) is 3.82. The molecule has 1 amide bonds. The van der Waals surface area contributed by atoms with Crippen molar-refractivity contribution >= 4 is 5.91 Å². The Morgan fingerprint density at radius 2 is 1.87 bits per heavy atom. The molecule has 3 heterocycles. The molecule has 124 valence electrons. The van der Waals surface area contributed by atoms with E-state index in [0.29, 0.717) is 0 Å². The summed E-state index contributed by atoms with van der Waals surface area (Å²) in [6.07, 6.45) is 2.02. The molecule has 1 fully saturated rings. The maximum absolute atomic E-state index is 13.2. The number of nitrogens with zero attached hydrogens (tertiary/aromatic N) is 3. The Balaban J connectivity index is 2.00. The second-order valence-corrected chi connectivity index (χ2v) is 6.58. The molecule has 5 heteroatoms. The molecule has 0 radical (unpaired) electrons. The number of aryl methyl sites for hydroxylation is 4. The van der Waals surface area contributed by atoms with Crippen LogP contribution >= 0.6 is 0 Å². The average Bonchev–Trinajstić information content (AvgIpc) is 3.10. The van der Waals surface area contributed by atoms with Gasteiger partial charge in [-0.1, -0.05) is 0 Å². The van der Waals surface area contributed by atoms with Crippen LogP contribution in [0.15, 0.2) is 4.42 Å². The Morgan fingerprint density at radius 1 is 1.17 bits per heavy atom. The molecular formula is C18H25N3O2. The summed E-state index contributed by atoms with van der Waals surface area (Å²) in [5.41, 5.74) is 5.05. The SMILES string of the molecule is Cc1nn(C)c(C)c1C1CCCN1C(=O)c1c(C)oc(C)c1C. The molecule has 0 bridgehead atoms. The van der Waals surface area contributed by atoms with E-state index in [0.717, 1.165) is 53.4 Å².